The van der Waals surface area contributed by atoms with Crippen LogP contribution in [0.4, 0.5) is 5.82 Å². The fourth-order valence-corrected chi connectivity index (χ4v) is 5.08. The summed E-state index contributed by atoms with van der Waals surface area (Å²) >= 11 is 3.54. The molecule has 2 heterocycles. The van der Waals surface area contributed by atoms with E-state index in [2.05, 4.69) is 59.4 Å². The van der Waals surface area contributed by atoms with Crippen molar-refractivity contribution in [1.82, 2.24) is 9.78 Å². The average molecular weight is 462 g/mol. The number of hydrogen-bond donors (Lipinski definition) is 1. The molecule has 0 amide bonds. The number of nitrogens with zero attached hydrogens (tertiary/aromatic N) is 2. The molecular weight excluding hydrogens is 438 g/mol. The highest BCUT2D eigenvalue weighted by Crippen LogP contribution is 2.50. The van der Waals surface area contributed by atoms with Gasteiger partial charge >= 0.3 is 0 Å². The molecule has 2 aliphatic rings. The fraction of sp³-hybridized carbons (Fsp3) is 0.280. The zero-order valence-electron chi connectivity index (χ0n) is 17.4. The van der Waals surface area contributed by atoms with E-state index in [0.29, 0.717) is 6.42 Å². The third-order valence-corrected chi connectivity index (χ3v) is 6.61. The number of fused-ring (bicyclic) bond motifs is 1. The van der Waals surface area contributed by atoms with E-state index in [9.17, 15) is 4.79 Å². The molecule has 152 valence electrons. The summed E-state index contributed by atoms with van der Waals surface area (Å²) in [5, 5.41) is 8.52. The maximum Gasteiger partial charge on any atom is 0.162 e. The number of ketones is 1. The predicted molar refractivity (Wildman–Crippen MR) is 123 cm³/mol. The smallest absolute Gasteiger partial charge is 0.162 e. The second-order valence-electron chi connectivity index (χ2n) is 9.04. The minimum atomic E-state index is -0.106. The highest BCUT2D eigenvalue weighted by atomic mass is 79.9. The van der Waals surface area contributed by atoms with E-state index in [1.165, 1.54) is 0 Å². The molecule has 1 N–H and O–H groups in total. The molecule has 5 rings (SSSR count). The Balaban J connectivity index is 1.76. The first-order valence-corrected chi connectivity index (χ1v) is 11.1. The molecule has 1 aromatic heterocycles. The van der Waals surface area contributed by atoms with Gasteiger partial charge in [0.25, 0.3) is 0 Å². The molecule has 0 bridgehead atoms. The SMILES string of the molecule is Cc1nn(-c2ccccc2)c2c1[C@@H](c1ccc(Br)cc1)C1=C(CC(C)(C)CC1=O)N2. The number of nitrogens with one attached hydrogen (secondary N) is 1. The zero-order valence-corrected chi connectivity index (χ0v) is 19.0. The lowest BCUT2D eigenvalue weighted by atomic mass is 9.69. The van der Waals surface area contributed by atoms with E-state index in [0.717, 1.165) is 50.5 Å². The lowest BCUT2D eigenvalue weighted by molar-refractivity contribution is -0.118. The Morgan fingerprint density at radius 3 is 2.47 bits per heavy atom. The third kappa shape index (κ3) is 3.12. The summed E-state index contributed by atoms with van der Waals surface area (Å²) in [6, 6.07) is 18.5. The molecule has 0 saturated heterocycles. The summed E-state index contributed by atoms with van der Waals surface area (Å²) in [5.74, 6) is 1.10. The highest BCUT2D eigenvalue weighted by Gasteiger charge is 2.42. The number of anilines is 1. The van der Waals surface area contributed by atoms with Crippen LogP contribution in [0.5, 0.6) is 0 Å². The maximum absolute atomic E-state index is 13.4. The minimum absolute atomic E-state index is 0.0582. The quantitative estimate of drug-likeness (QED) is 0.498. The molecule has 0 unspecified atom stereocenters. The summed E-state index contributed by atoms with van der Waals surface area (Å²) < 4.78 is 3.01. The van der Waals surface area contributed by atoms with Crippen molar-refractivity contribution in [2.45, 2.75) is 39.5 Å². The Bertz CT molecular complexity index is 1170. The summed E-state index contributed by atoms with van der Waals surface area (Å²) in [6.07, 6.45) is 1.42. The van der Waals surface area contributed by atoms with Gasteiger partial charge in [0.15, 0.2) is 5.78 Å². The van der Waals surface area contributed by atoms with Gasteiger partial charge in [-0.25, -0.2) is 4.68 Å². The van der Waals surface area contributed by atoms with Crippen LogP contribution in [0.1, 0.15) is 49.4 Å². The Kier molecular flexibility index (Phi) is 4.47. The van der Waals surface area contributed by atoms with Crippen LogP contribution < -0.4 is 5.32 Å². The summed E-state index contributed by atoms with van der Waals surface area (Å²) in [7, 11) is 0. The van der Waals surface area contributed by atoms with E-state index in [4.69, 9.17) is 5.10 Å². The second-order valence-corrected chi connectivity index (χ2v) is 9.95. The monoisotopic (exact) mass is 461 g/mol. The van der Waals surface area contributed by atoms with Crippen LogP contribution in [0, 0.1) is 12.3 Å². The van der Waals surface area contributed by atoms with Crippen LogP contribution in [0.3, 0.4) is 0 Å². The lowest BCUT2D eigenvalue weighted by Gasteiger charge is -2.38. The summed E-state index contributed by atoms with van der Waals surface area (Å²) in [4.78, 5) is 13.4. The number of aryl methyl sites for hydroxylation is 1. The molecule has 0 spiro atoms. The van der Waals surface area contributed by atoms with Gasteiger partial charge in [-0.2, -0.15) is 5.10 Å². The van der Waals surface area contributed by atoms with Gasteiger partial charge in [-0.15, -0.1) is 0 Å². The largest absolute Gasteiger partial charge is 0.343 e. The van der Waals surface area contributed by atoms with Gasteiger partial charge in [0.1, 0.15) is 5.82 Å². The van der Waals surface area contributed by atoms with Crippen molar-refractivity contribution < 1.29 is 4.79 Å². The summed E-state index contributed by atoms with van der Waals surface area (Å²) in [5.41, 5.74) is 6.05. The van der Waals surface area contributed by atoms with Crippen LogP contribution in [-0.2, 0) is 4.79 Å². The molecule has 0 radical (unpaired) electrons. The van der Waals surface area contributed by atoms with Gasteiger partial charge in [0.2, 0.25) is 0 Å². The first kappa shape index (κ1) is 19.3. The third-order valence-electron chi connectivity index (χ3n) is 6.08. The van der Waals surface area contributed by atoms with Crippen molar-refractivity contribution in [3.8, 4) is 5.69 Å². The number of aromatic nitrogens is 2. The number of carbonyl (C=O) groups is 1. The number of para-hydroxylation sites is 1. The molecule has 3 aromatic rings. The Hall–Kier alpha value is -2.66. The van der Waals surface area contributed by atoms with E-state index in [-0.39, 0.29) is 17.1 Å². The summed E-state index contributed by atoms with van der Waals surface area (Å²) in [6.45, 7) is 6.37. The molecular formula is C25H24BrN3O. The van der Waals surface area contributed by atoms with E-state index in [1.807, 2.05) is 41.9 Å². The molecule has 30 heavy (non-hydrogen) atoms. The van der Waals surface area contributed by atoms with Crippen molar-refractivity contribution in [2.75, 3.05) is 5.32 Å². The standard InChI is InChI=1S/C25H24BrN3O/c1-15-21-22(16-9-11-17(26)12-10-16)23-19(13-25(2,3)14-20(23)30)27-24(21)29(28-15)18-7-5-4-6-8-18/h4-12,22,27H,13-14H2,1-3H3/t22-/m1/s1. The zero-order chi connectivity index (χ0) is 21.0. The Morgan fingerprint density at radius 2 is 1.77 bits per heavy atom. The molecule has 5 heteroatoms. The average Bonchev–Trinajstić information content (AvgIpc) is 3.03. The Labute approximate surface area is 185 Å². The number of hydrogen-bond acceptors (Lipinski definition) is 3. The normalized spacial score (nSPS) is 19.9. The van der Waals surface area contributed by atoms with Crippen LogP contribution >= 0.6 is 15.9 Å². The first-order valence-electron chi connectivity index (χ1n) is 10.3. The van der Waals surface area contributed by atoms with Gasteiger partial charge in [-0.1, -0.05) is 60.1 Å². The molecule has 1 aliphatic carbocycles. The van der Waals surface area contributed by atoms with E-state index >= 15 is 0 Å². The second kappa shape index (κ2) is 6.95. The van der Waals surface area contributed by atoms with Gasteiger partial charge in [0, 0.05) is 33.6 Å². The number of allylic oxidation sites excluding steroid dienone is 2. The number of rotatable bonds is 2. The van der Waals surface area contributed by atoms with Crippen molar-refractivity contribution >= 4 is 27.5 Å². The number of Topliss-reactive ketones (excluding diaryl/α,β-unsaturated/α-hetero) is 1. The van der Waals surface area contributed by atoms with Gasteiger partial charge in [-0.05, 0) is 48.6 Å². The van der Waals surface area contributed by atoms with Crippen LogP contribution in [-0.4, -0.2) is 15.6 Å². The van der Waals surface area contributed by atoms with Crippen LogP contribution in [0.2, 0.25) is 0 Å². The topological polar surface area (TPSA) is 46.9 Å². The van der Waals surface area contributed by atoms with Gasteiger partial charge in [0.05, 0.1) is 11.4 Å². The minimum Gasteiger partial charge on any atom is -0.343 e. The number of halogens is 1. The molecule has 1 aliphatic heterocycles. The van der Waals surface area contributed by atoms with Crippen molar-refractivity contribution in [1.29, 1.82) is 0 Å². The number of carbonyl (C=O) groups excluding carboxylic acids is 1. The molecule has 0 saturated carbocycles. The first-order chi connectivity index (χ1) is 14.3. The van der Waals surface area contributed by atoms with Crippen molar-refractivity contribution in [3.63, 3.8) is 0 Å². The maximum atomic E-state index is 13.4. The highest BCUT2D eigenvalue weighted by molar-refractivity contribution is 9.10. The lowest BCUT2D eigenvalue weighted by Crippen LogP contribution is -2.34. The van der Waals surface area contributed by atoms with E-state index < -0.39 is 0 Å². The van der Waals surface area contributed by atoms with Gasteiger partial charge in [-0.3, -0.25) is 4.79 Å². The molecule has 1 atom stereocenters. The van der Waals surface area contributed by atoms with E-state index in [1.54, 1.807) is 0 Å². The molecule has 0 fully saturated rings. The van der Waals surface area contributed by atoms with Crippen molar-refractivity contribution in [3.05, 3.63) is 87.2 Å². The van der Waals surface area contributed by atoms with Crippen LogP contribution in [0.15, 0.2) is 70.3 Å². The van der Waals surface area contributed by atoms with Crippen molar-refractivity contribution in [2.24, 2.45) is 5.41 Å². The number of benzene rings is 2. The van der Waals surface area contributed by atoms with Crippen LogP contribution in [0.25, 0.3) is 5.69 Å². The Morgan fingerprint density at radius 1 is 1.07 bits per heavy atom. The van der Waals surface area contributed by atoms with Gasteiger partial charge < -0.3 is 5.32 Å². The predicted octanol–water partition coefficient (Wildman–Crippen LogP) is 6.14. The molecule has 2 aromatic carbocycles. The molecule has 4 nitrogen and oxygen atoms in total. The fourth-order valence-electron chi connectivity index (χ4n) is 4.82.